The number of benzene rings is 2. The summed E-state index contributed by atoms with van der Waals surface area (Å²) in [6.07, 6.45) is 0. The Kier molecular flexibility index (Phi) is 3.56. The highest BCUT2D eigenvalue weighted by Gasteiger charge is 2.12. The van der Waals surface area contributed by atoms with Crippen molar-refractivity contribution in [3.63, 3.8) is 0 Å². The van der Waals surface area contributed by atoms with Gasteiger partial charge in [-0.15, -0.1) is 0 Å². The number of phenols is 2. The molecule has 0 bridgehead atoms. The van der Waals surface area contributed by atoms with E-state index in [-0.39, 0.29) is 23.6 Å². The molecule has 19 heavy (non-hydrogen) atoms. The molecule has 0 saturated carbocycles. The largest absolute Gasteiger partial charge is 0.507 e. The number of para-hydroxylation sites is 3. The molecule has 0 spiro atoms. The molecule has 0 unspecified atom stereocenters. The van der Waals surface area contributed by atoms with Crippen molar-refractivity contribution in [1.29, 1.82) is 0 Å². The van der Waals surface area contributed by atoms with E-state index in [0.717, 1.165) is 0 Å². The van der Waals surface area contributed by atoms with Crippen molar-refractivity contribution < 1.29 is 20.1 Å². The number of carboxylic acid groups (broad SMARTS) is 1. The van der Waals surface area contributed by atoms with Crippen molar-refractivity contribution in [2.24, 2.45) is 0 Å². The van der Waals surface area contributed by atoms with Crippen LogP contribution in [-0.2, 0) is 6.54 Å². The maximum atomic E-state index is 10.9. The molecule has 2 aromatic rings. The van der Waals surface area contributed by atoms with Crippen LogP contribution >= 0.6 is 0 Å². The third kappa shape index (κ3) is 2.77. The van der Waals surface area contributed by atoms with Crippen LogP contribution in [0.5, 0.6) is 11.5 Å². The molecule has 5 heteroatoms. The third-order valence-electron chi connectivity index (χ3n) is 2.72. The lowest BCUT2D eigenvalue weighted by atomic mass is 10.1. The second kappa shape index (κ2) is 5.30. The summed E-state index contributed by atoms with van der Waals surface area (Å²) in [5.74, 6) is -1.35. The quantitative estimate of drug-likeness (QED) is 0.633. The van der Waals surface area contributed by atoms with E-state index in [0.29, 0.717) is 11.3 Å². The molecule has 0 aliphatic rings. The van der Waals surface area contributed by atoms with Crippen molar-refractivity contribution in [2.75, 3.05) is 5.32 Å². The standard InChI is InChI=1S/C14H13NO4/c16-12-7-2-1-6-11(12)15-8-9-4-3-5-10(13(9)17)14(18)19/h1-7,15-17H,8H2,(H,18,19). The average Bonchev–Trinajstić information content (AvgIpc) is 2.39. The number of carbonyl (C=O) groups is 1. The SMILES string of the molecule is O=C(O)c1cccc(CNc2ccccc2O)c1O. The molecule has 5 nitrogen and oxygen atoms in total. The zero-order valence-electron chi connectivity index (χ0n) is 10.00. The second-order valence-electron chi connectivity index (χ2n) is 3.99. The summed E-state index contributed by atoms with van der Waals surface area (Å²) in [6.45, 7) is 0.213. The third-order valence-corrected chi connectivity index (χ3v) is 2.72. The zero-order chi connectivity index (χ0) is 13.8. The molecular weight excluding hydrogens is 246 g/mol. The fraction of sp³-hybridized carbons (Fsp3) is 0.0714. The van der Waals surface area contributed by atoms with Gasteiger partial charge in [-0.3, -0.25) is 0 Å². The zero-order valence-corrected chi connectivity index (χ0v) is 10.00. The van der Waals surface area contributed by atoms with Gasteiger partial charge in [-0.25, -0.2) is 4.79 Å². The number of anilines is 1. The molecule has 0 aliphatic heterocycles. The monoisotopic (exact) mass is 259 g/mol. The molecule has 98 valence electrons. The number of nitrogens with one attached hydrogen (secondary N) is 1. The van der Waals surface area contributed by atoms with Gasteiger partial charge in [-0.05, 0) is 18.2 Å². The van der Waals surface area contributed by atoms with Crippen LogP contribution < -0.4 is 5.32 Å². The van der Waals surface area contributed by atoms with E-state index in [9.17, 15) is 15.0 Å². The van der Waals surface area contributed by atoms with Crippen molar-refractivity contribution in [3.8, 4) is 11.5 Å². The van der Waals surface area contributed by atoms with E-state index in [1.165, 1.54) is 12.1 Å². The van der Waals surface area contributed by atoms with Crippen LogP contribution in [0.15, 0.2) is 42.5 Å². The van der Waals surface area contributed by atoms with Crippen LogP contribution in [0.25, 0.3) is 0 Å². The molecule has 2 aromatic carbocycles. The average molecular weight is 259 g/mol. The number of hydrogen-bond acceptors (Lipinski definition) is 4. The van der Waals surface area contributed by atoms with Crippen LogP contribution in [0.4, 0.5) is 5.69 Å². The van der Waals surface area contributed by atoms with Crippen molar-refractivity contribution in [3.05, 3.63) is 53.6 Å². The van der Waals surface area contributed by atoms with E-state index in [4.69, 9.17) is 5.11 Å². The van der Waals surface area contributed by atoms with E-state index < -0.39 is 5.97 Å². The molecule has 0 aromatic heterocycles. The molecule has 0 amide bonds. The van der Waals surface area contributed by atoms with E-state index in [1.54, 1.807) is 30.3 Å². The smallest absolute Gasteiger partial charge is 0.339 e. The molecule has 0 aliphatic carbocycles. The highest BCUT2D eigenvalue weighted by molar-refractivity contribution is 5.91. The Morgan fingerprint density at radius 2 is 1.79 bits per heavy atom. The summed E-state index contributed by atoms with van der Waals surface area (Å²) < 4.78 is 0. The van der Waals surface area contributed by atoms with Gasteiger partial charge in [0.05, 0.1) is 5.69 Å². The van der Waals surface area contributed by atoms with E-state index in [2.05, 4.69) is 5.32 Å². The summed E-state index contributed by atoms with van der Waals surface area (Å²) >= 11 is 0. The number of rotatable bonds is 4. The molecule has 0 saturated heterocycles. The van der Waals surface area contributed by atoms with Gasteiger partial charge in [0, 0.05) is 12.1 Å². The minimum atomic E-state index is -1.18. The Morgan fingerprint density at radius 3 is 2.47 bits per heavy atom. The summed E-state index contributed by atoms with van der Waals surface area (Å²) in [7, 11) is 0. The lowest BCUT2D eigenvalue weighted by Crippen LogP contribution is -2.03. The summed E-state index contributed by atoms with van der Waals surface area (Å²) in [5, 5.41) is 31.2. The van der Waals surface area contributed by atoms with Gasteiger partial charge >= 0.3 is 5.97 Å². The van der Waals surface area contributed by atoms with E-state index >= 15 is 0 Å². The van der Waals surface area contributed by atoms with E-state index in [1.807, 2.05) is 0 Å². The van der Waals surface area contributed by atoms with Gasteiger partial charge in [0.1, 0.15) is 17.1 Å². The van der Waals surface area contributed by atoms with Gasteiger partial charge in [0.2, 0.25) is 0 Å². The van der Waals surface area contributed by atoms with Gasteiger partial charge in [-0.1, -0.05) is 24.3 Å². The number of aromatic hydroxyl groups is 2. The van der Waals surface area contributed by atoms with Gasteiger partial charge in [0.25, 0.3) is 0 Å². The molecule has 0 radical (unpaired) electrons. The first-order valence-electron chi connectivity index (χ1n) is 5.65. The molecule has 2 rings (SSSR count). The summed E-state index contributed by atoms with van der Waals surface area (Å²) in [4.78, 5) is 10.9. The predicted octanol–water partition coefficient (Wildman–Crippen LogP) is 2.41. The molecule has 0 heterocycles. The summed E-state index contributed by atoms with van der Waals surface area (Å²) in [6, 6.07) is 11.2. The second-order valence-corrected chi connectivity index (χ2v) is 3.99. The lowest BCUT2D eigenvalue weighted by Gasteiger charge is -2.10. The fourth-order valence-corrected chi connectivity index (χ4v) is 1.72. The van der Waals surface area contributed by atoms with Crippen molar-refractivity contribution >= 4 is 11.7 Å². The maximum Gasteiger partial charge on any atom is 0.339 e. The van der Waals surface area contributed by atoms with Crippen LogP contribution in [0.1, 0.15) is 15.9 Å². The first-order chi connectivity index (χ1) is 9.09. The van der Waals surface area contributed by atoms with Crippen molar-refractivity contribution in [2.45, 2.75) is 6.54 Å². The van der Waals surface area contributed by atoms with Crippen LogP contribution in [0, 0.1) is 0 Å². The van der Waals surface area contributed by atoms with Crippen LogP contribution in [0.3, 0.4) is 0 Å². The first kappa shape index (κ1) is 12.8. The Balaban J connectivity index is 2.19. The number of carboxylic acids is 1. The Morgan fingerprint density at radius 1 is 1.05 bits per heavy atom. The number of hydrogen-bond donors (Lipinski definition) is 4. The molecule has 4 N–H and O–H groups in total. The molecule has 0 fully saturated rings. The predicted molar refractivity (Wildman–Crippen MR) is 70.5 cm³/mol. The minimum Gasteiger partial charge on any atom is -0.507 e. The van der Waals surface area contributed by atoms with Crippen LogP contribution in [-0.4, -0.2) is 21.3 Å². The highest BCUT2D eigenvalue weighted by Crippen LogP contribution is 2.26. The van der Waals surface area contributed by atoms with Gasteiger partial charge < -0.3 is 20.6 Å². The number of phenolic OH excluding ortho intramolecular Hbond substituents is 1. The summed E-state index contributed by atoms with van der Waals surface area (Å²) in [5.41, 5.74) is 0.822. The molecule has 0 atom stereocenters. The Hall–Kier alpha value is -2.69. The normalized spacial score (nSPS) is 10.1. The number of aromatic carboxylic acids is 1. The fourth-order valence-electron chi connectivity index (χ4n) is 1.72. The lowest BCUT2D eigenvalue weighted by molar-refractivity contribution is 0.0693. The highest BCUT2D eigenvalue weighted by atomic mass is 16.4. The molecular formula is C14H13NO4. The first-order valence-corrected chi connectivity index (χ1v) is 5.65. The Labute approximate surface area is 109 Å². The van der Waals surface area contributed by atoms with Gasteiger partial charge in [-0.2, -0.15) is 0 Å². The van der Waals surface area contributed by atoms with Gasteiger partial charge in [0.15, 0.2) is 0 Å². The Bertz CT molecular complexity index is 610. The maximum absolute atomic E-state index is 10.9. The topological polar surface area (TPSA) is 89.8 Å². The van der Waals surface area contributed by atoms with Crippen molar-refractivity contribution in [1.82, 2.24) is 0 Å². The van der Waals surface area contributed by atoms with Crippen LogP contribution in [0.2, 0.25) is 0 Å². The minimum absolute atomic E-state index is 0.0939.